The molecule has 0 saturated heterocycles. The zero-order valence-electron chi connectivity index (χ0n) is 22.5. The molecule has 8 atom stereocenters. The highest BCUT2D eigenvalue weighted by Gasteiger charge is 2.49. The fourth-order valence-corrected chi connectivity index (χ4v) is 8.68. The number of rotatable bonds is 5. The maximum atomic E-state index is 11.6. The van der Waals surface area contributed by atoms with Crippen LogP contribution in [0, 0.1) is 36.5 Å². The third kappa shape index (κ3) is 5.27. The van der Waals surface area contributed by atoms with E-state index in [4.69, 9.17) is 0 Å². The van der Waals surface area contributed by atoms with Crippen molar-refractivity contribution in [3.05, 3.63) is 71.3 Å². The van der Waals surface area contributed by atoms with Gasteiger partial charge in [0.2, 0.25) is 0 Å². The van der Waals surface area contributed by atoms with Gasteiger partial charge in [0.05, 0.1) is 6.10 Å². The maximum Gasteiger partial charge on any atom is 0.0577 e. The summed E-state index contributed by atoms with van der Waals surface area (Å²) in [5, 5.41) is 11.6. The SMILES string of the molecule is Cc1cccc(C2CCCC(C(C)(c3ccccc3)C3CC(C4CCCC(C)C4)CCC3O)C2)c1. The largest absolute Gasteiger partial charge is 0.393 e. The Labute approximate surface area is 214 Å². The van der Waals surface area contributed by atoms with Crippen LogP contribution in [-0.4, -0.2) is 11.2 Å². The normalized spacial score (nSPS) is 35.8. The molecule has 0 bridgehead atoms. The molecule has 3 saturated carbocycles. The molecule has 5 rings (SSSR count). The summed E-state index contributed by atoms with van der Waals surface area (Å²) in [6.45, 7) is 7.23. The molecule has 0 aromatic heterocycles. The minimum absolute atomic E-state index is 0.0299. The van der Waals surface area contributed by atoms with Crippen LogP contribution in [0.25, 0.3) is 0 Å². The second-order valence-electron chi connectivity index (χ2n) is 12.9. The zero-order chi connectivity index (χ0) is 24.4. The summed E-state index contributed by atoms with van der Waals surface area (Å²) in [5.74, 6) is 4.18. The van der Waals surface area contributed by atoms with Crippen LogP contribution in [0.5, 0.6) is 0 Å². The van der Waals surface area contributed by atoms with Gasteiger partial charge in [-0.25, -0.2) is 0 Å². The van der Waals surface area contributed by atoms with Gasteiger partial charge in [0.1, 0.15) is 0 Å². The van der Waals surface area contributed by atoms with E-state index in [2.05, 4.69) is 75.4 Å². The Kier molecular flexibility index (Phi) is 7.73. The lowest BCUT2D eigenvalue weighted by molar-refractivity contribution is -0.0339. The molecule has 2 aromatic rings. The molecule has 1 heteroatoms. The summed E-state index contributed by atoms with van der Waals surface area (Å²) < 4.78 is 0. The number of aliphatic hydroxyl groups is 1. The average molecular weight is 473 g/mol. The van der Waals surface area contributed by atoms with E-state index in [0.717, 1.165) is 24.2 Å². The van der Waals surface area contributed by atoms with Crippen LogP contribution in [0.2, 0.25) is 0 Å². The monoisotopic (exact) mass is 472 g/mol. The van der Waals surface area contributed by atoms with Gasteiger partial charge in [0.25, 0.3) is 0 Å². The molecule has 0 amide bonds. The number of benzene rings is 2. The Morgan fingerprint density at radius 1 is 0.771 bits per heavy atom. The van der Waals surface area contributed by atoms with Crippen molar-refractivity contribution < 1.29 is 5.11 Å². The summed E-state index contributed by atoms with van der Waals surface area (Å²) in [6, 6.07) is 20.6. The van der Waals surface area contributed by atoms with Crippen molar-refractivity contribution in [2.24, 2.45) is 29.6 Å². The van der Waals surface area contributed by atoms with Crippen molar-refractivity contribution >= 4 is 0 Å². The van der Waals surface area contributed by atoms with Crippen molar-refractivity contribution in [2.45, 2.75) is 109 Å². The third-order valence-electron chi connectivity index (χ3n) is 10.7. The number of hydrogen-bond donors (Lipinski definition) is 1. The number of aliphatic hydroxyl groups excluding tert-OH is 1. The number of aryl methyl sites for hydroxylation is 1. The highest BCUT2D eigenvalue weighted by Crippen LogP contribution is 2.55. The minimum atomic E-state index is -0.170. The van der Waals surface area contributed by atoms with E-state index in [1.165, 1.54) is 80.9 Å². The van der Waals surface area contributed by atoms with E-state index in [-0.39, 0.29) is 11.5 Å². The van der Waals surface area contributed by atoms with Crippen LogP contribution in [0.15, 0.2) is 54.6 Å². The summed E-state index contributed by atoms with van der Waals surface area (Å²) in [6.07, 6.45) is 14.1. The summed E-state index contributed by atoms with van der Waals surface area (Å²) in [7, 11) is 0. The molecular formula is C34H48O. The Bertz CT molecular complexity index is 950. The van der Waals surface area contributed by atoms with Crippen molar-refractivity contribution in [2.75, 3.05) is 0 Å². The Hall–Kier alpha value is -1.60. The van der Waals surface area contributed by atoms with Gasteiger partial charge in [-0.05, 0) is 98.5 Å². The lowest BCUT2D eigenvalue weighted by Crippen LogP contribution is -2.49. The van der Waals surface area contributed by atoms with Crippen LogP contribution in [0.1, 0.15) is 107 Å². The Morgan fingerprint density at radius 2 is 1.54 bits per heavy atom. The summed E-state index contributed by atoms with van der Waals surface area (Å²) in [5.41, 5.74) is 4.41. The van der Waals surface area contributed by atoms with Crippen LogP contribution in [0.3, 0.4) is 0 Å². The lowest BCUT2D eigenvalue weighted by atomic mass is 9.53. The third-order valence-corrected chi connectivity index (χ3v) is 10.7. The molecular weight excluding hydrogens is 424 g/mol. The van der Waals surface area contributed by atoms with Gasteiger partial charge in [-0.1, -0.05) is 99.7 Å². The van der Waals surface area contributed by atoms with E-state index in [9.17, 15) is 5.11 Å². The first-order valence-corrected chi connectivity index (χ1v) is 14.7. The summed E-state index contributed by atoms with van der Waals surface area (Å²) in [4.78, 5) is 0. The molecule has 8 unspecified atom stereocenters. The minimum Gasteiger partial charge on any atom is -0.393 e. The molecule has 0 aliphatic heterocycles. The molecule has 0 spiro atoms. The van der Waals surface area contributed by atoms with E-state index < -0.39 is 0 Å². The molecule has 1 N–H and O–H groups in total. The van der Waals surface area contributed by atoms with Crippen molar-refractivity contribution in [1.82, 2.24) is 0 Å². The van der Waals surface area contributed by atoms with E-state index in [1.54, 1.807) is 0 Å². The van der Waals surface area contributed by atoms with Crippen molar-refractivity contribution in [1.29, 1.82) is 0 Å². The molecule has 3 aliphatic rings. The van der Waals surface area contributed by atoms with Gasteiger partial charge >= 0.3 is 0 Å². The second kappa shape index (κ2) is 10.8. The van der Waals surface area contributed by atoms with Gasteiger partial charge < -0.3 is 5.11 Å². The molecule has 0 radical (unpaired) electrons. The quantitative estimate of drug-likeness (QED) is 0.461. The van der Waals surface area contributed by atoms with E-state index in [1.807, 2.05) is 0 Å². The fraction of sp³-hybridized carbons (Fsp3) is 0.647. The van der Waals surface area contributed by atoms with Crippen LogP contribution >= 0.6 is 0 Å². The predicted octanol–water partition coefficient (Wildman–Crippen LogP) is 8.83. The van der Waals surface area contributed by atoms with Gasteiger partial charge in [0, 0.05) is 5.41 Å². The molecule has 1 nitrogen and oxygen atoms in total. The van der Waals surface area contributed by atoms with Gasteiger partial charge in [-0.2, -0.15) is 0 Å². The molecule has 35 heavy (non-hydrogen) atoms. The Morgan fingerprint density at radius 3 is 2.31 bits per heavy atom. The van der Waals surface area contributed by atoms with E-state index in [0.29, 0.717) is 17.8 Å². The van der Waals surface area contributed by atoms with Gasteiger partial charge in [-0.15, -0.1) is 0 Å². The fourth-order valence-electron chi connectivity index (χ4n) is 8.68. The highest BCUT2D eigenvalue weighted by atomic mass is 16.3. The number of hydrogen-bond acceptors (Lipinski definition) is 1. The van der Waals surface area contributed by atoms with Gasteiger partial charge in [0.15, 0.2) is 0 Å². The molecule has 0 heterocycles. The first kappa shape index (κ1) is 25.1. The van der Waals surface area contributed by atoms with E-state index >= 15 is 0 Å². The predicted molar refractivity (Wildman–Crippen MR) is 148 cm³/mol. The molecule has 2 aromatic carbocycles. The second-order valence-corrected chi connectivity index (χ2v) is 12.9. The Balaban J connectivity index is 1.45. The maximum absolute atomic E-state index is 11.6. The average Bonchev–Trinajstić information content (AvgIpc) is 2.89. The molecule has 3 aliphatic carbocycles. The smallest absolute Gasteiger partial charge is 0.0577 e. The zero-order valence-corrected chi connectivity index (χ0v) is 22.5. The topological polar surface area (TPSA) is 20.2 Å². The highest BCUT2D eigenvalue weighted by molar-refractivity contribution is 5.30. The van der Waals surface area contributed by atoms with Crippen molar-refractivity contribution in [3.8, 4) is 0 Å². The van der Waals surface area contributed by atoms with Crippen LogP contribution in [-0.2, 0) is 5.41 Å². The lowest BCUT2D eigenvalue weighted by Gasteiger charge is -2.52. The standard InChI is InChI=1S/C34H48O/c1-24-10-7-12-26(20-24)28-14-9-17-31(22-28)34(3,30-15-5-4-6-16-30)32-23-29(18-19-33(32)35)27-13-8-11-25(2)21-27/h4-7,10,12,15-16,20,25,27-29,31-33,35H,8-9,11,13-14,17-19,21-23H2,1-3H3. The van der Waals surface area contributed by atoms with Crippen LogP contribution < -0.4 is 0 Å². The first-order chi connectivity index (χ1) is 16.9. The van der Waals surface area contributed by atoms with Crippen molar-refractivity contribution in [3.63, 3.8) is 0 Å². The summed E-state index contributed by atoms with van der Waals surface area (Å²) >= 11 is 0. The van der Waals surface area contributed by atoms with Gasteiger partial charge in [-0.3, -0.25) is 0 Å². The van der Waals surface area contributed by atoms with Crippen LogP contribution in [0.4, 0.5) is 0 Å². The first-order valence-electron chi connectivity index (χ1n) is 14.7. The molecule has 3 fully saturated rings. The molecule has 190 valence electrons.